The first-order valence-corrected chi connectivity index (χ1v) is 9.51. The number of carbonyl (C=O) groups is 3. The van der Waals surface area contributed by atoms with Gasteiger partial charge < -0.3 is 15.3 Å². The third kappa shape index (κ3) is 4.08. The Morgan fingerprint density at radius 3 is 0.857 bits per heavy atom. The molecule has 0 aliphatic carbocycles. The van der Waals surface area contributed by atoms with E-state index < -0.39 is 25.8 Å². The summed E-state index contributed by atoms with van der Waals surface area (Å²) in [5.74, 6) is -3.06. The molecule has 3 aromatic carbocycles. The molecule has 0 aromatic heterocycles. The minimum atomic E-state index is -1.12. The van der Waals surface area contributed by atoms with E-state index in [0.29, 0.717) is 0 Å². The molecule has 0 saturated heterocycles. The lowest BCUT2D eigenvalue weighted by Gasteiger charge is -2.20. The SMILES string of the molecule is O=C(O)c1ccc(P(c2ccc(C(=O)O)cc2)c2ccc(C(=O)O)cc2)cc1. The topological polar surface area (TPSA) is 112 Å². The first-order valence-electron chi connectivity index (χ1n) is 8.17. The monoisotopic (exact) mass is 394 g/mol. The highest BCUT2D eigenvalue weighted by Gasteiger charge is 2.18. The number of hydrogen-bond donors (Lipinski definition) is 3. The molecule has 3 aromatic rings. The van der Waals surface area contributed by atoms with Crippen molar-refractivity contribution in [1.82, 2.24) is 0 Å². The summed E-state index contributed by atoms with van der Waals surface area (Å²) >= 11 is 0. The standard InChI is InChI=1S/C21H15O6P/c22-19(23)13-1-7-16(8-2-13)28(17-9-3-14(4-10-17)20(24)25)18-11-5-15(6-12-18)21(26)27/h1-12H,(H,22,23)(H,24,25)(H,26,27). The Bertz CT molecular complexity index is 887. The van der Waals surface area contributed by atoms with Crippen LogP contribution < -0.4 is 15.9 Å². The van der Waals surface area contributed by atoms with Crippen molar-refractivity contribution in [2.45, 2.75) is 0 Å². The molecule has 0 spiro atoms. The Kier molecular flexibility index (Phi) is 5.52. The first-order chi connectivity index (χ1) is 13.4. The van der Waals surface area contributed by atoms with Gasteiger partial charge >= 0.3 is 17.9 Å². The van der Waals surface area contributed by atoms with E-state index in [-0.39, 0.29) is 16.7 Å². The summed E-state index contributed by atoms with van der Waals surface area (Å²) < 4.78 is 0. The summed E-state index contributed by atoms with van der Waals surface area (Å²) in [6, 6.07) is 19.5. The van der Waals surface area contributed by atoms with Crippen LogP contribution in [0.15, 0.2) is 72.8 Å². The van der Waals surface area contributed by atoms with Crippen LogP contribution in [0.3, 0.4) is 0 Å². The maximum absolute atomic E-state index is 11.1. The zero-order chi connectivity index (χ0) is 20.3. The molecule has 0 bridgehead atoms. The van der Waals surface area contributed by atoms with E-state index in [4.69, 9.17) is 15.3 Å². The van der Waals surface area contributed by atoms with Crippen molar-refractivity contribution in [2.24, 2.45) is 0 Å². The fourth-order valence-electron chi connectivity index (χ4n) is 2.71. The molecule has 0 radical (unpaired) electrons. The van der Waals surface area contributed by atoms with Crippen LogP contribution in [0.5, 0.6) is 0 Å². The summed E-state index contributed by atoms with van der Waals surface area (Å²) in [5, 5.41) is 29.9. The van der Waals surface area contributed by atoms with Gasteiger partial charge in [-0.15, -0.1) is 0 Å². The maximum atomic E-state index is 11.1. The van der Waals surface area contributed by atoms with E-state index in [1.807, 2.05) is 0 Å². The molecule has 0 unspecified atom stereocenters. The number of carboxylic acids is 3. The molecule has 140 valence electrons. The lowest BCUT2D eigenvalue weighted by molar-refractivity contribution is 0.0686. The van der Waals surface area contributed by atoms with Crippen LogP contribution >= 0.6 is 7.92 Å². The quantitative estimate of drug-likeness (QED) is 0.554. The molecule has 0 atom stereocenters. The van der Waals surface area contributed by atoms with Crippen molar-refractivity contribution >= 4 is 41.7 Å². The molecule has 28 heavy (non-hydrogen) atoms. The van der Waals surface area contributed by atoms with Crippen LogP contribution in [0, 0.1) is 0 Å². The molecule has 0 aliphatic heterocycles. The lowest BCUT2D eigenvalue weighted by atomic mass is 10.2. The van der Waals surface area contributed by atoms with Gasteiger partial charge in [-0.1, -0.05) is 36.4 Å². The van der Waals surface area contributed by atoms with Crippen LogP contribution in [0.1, 0.15) is 31.1 Å². The van der Waals surface area contributed by atoms with Crippen LogP contribution in [0.4, 0.5) is 0 Å². The zero-order valence-corrected chi connectivity index (χ0v) is 15.3. The minimum absolute atomic E-state index is 0.168. The van der Waals surface area contributed by atoms with Crippen molar-refractivity contribution in [1.29, 1.82) is 0 Å². The molecule has 7 heteroatoms. The van der Waals surface area contributed by atoms with Gasteiger partial charge in [-0.05, 0) is 60.2 Å². The van der Waals surface area contributed by atoms with Gasteiger partial charge in [0, 0.05) is 0 Å². The molecular formula is C21H15O6P. The molecular weight excluding hydrogens is 379 g/mol. The molecule has 0 fully saturated rings. The molecule has 3 rings (SSSR count). The Morgan fingerprint density at radius 1 is 0.464 bits per heavy atom. The average Bonchev–Trinajstić information content (AvgIpc) is 2.69. The summed E-state index contributed by atoms with van der Waals surface area (Å²) in [7, 11) is -1.12. The highest BCUT2D eigenvalue weighted by molar-refractivity contribution is 7.79. The first kappa shape index (κ1) is 19.3. The van der Waals surface area contributed by atoms with Crippen LogP contribution in [-0.4, -0.2) is 33.2 Å². The number of aromatic carboxylic acids is 3. The fraction of sp³-hybridized carbons (Fsp3) is 0. The largest absolute Gasteiger partial charge is 0.478 e. The summed E-state index contributed by atoms with van der Waals surface area (Å²) in [5.41, 5.74) is 0.503. The third-order valence-electron chi connectivity index (χ3n) is 4.12. The van der Waals surface area contributed by atoms with E-state index in [1.165, 1.54) is 36.4 Å². The Morgan fingerprint density at radius 2 is 0.679 bits per heavy atom. The summed E-state index contributed by atoms with van der Waals surface area (Å²) in [6.45, 7) is 0. The second kappa shape index (κ2) is 8.03. The predicted octanol–water partition coefficient (Wildman–Crippen LogP) is 2.54. The van der Waals surface area contributed by atoms with E-state index in [2.05, 4.69) is 0 Å². The molecule has 0 amide bonds. The molecule has 0 heterocycles. The van der Waals surface area contributed by atoms with Crippen molar-refractivity contribution in [3.63, 3.8) is 0 Å². The number of hydrogen-bond acceptors (Lipinski definition) is 3. The van der Waals surface area contributed by atoms with E-state index >= 15 is 0 Å². The summed E-state index contributed by atoms with van der Waals surface area (Å²) in [4.78, 5) is 33.4. The van der Waals surface area contributed by atoms with Crippen molar-refractivity contribution in [3.8, 4) is 0 Å². The van der Waals surface area contributed by atoms with Gasteiger partial charge in [0.2, 0.25) is 0 Å². The highest BCUT2D eigenvalue weighted by atomic mass is 31.1. The maximum Gasteiger partial charge on any atom is 0.335 e. The zero-order valence-electron chi connectivity index (χ0n) is 14.4. The third-order valence-corrected chi connectivity index (χ3v) is 6.56. The van der Waals surface area contributed by atoms with Gasteiger partial charge in [-0.3, -0.25) is 0 Å². The number of carboxylic acid groups (broad SMARTS) is 3. The predicted molar refractivity (Wildman–Crippen MR) is 106 cm³/mol. The van der Waals surface area contributed by atoms with Gasteiger partial charge in [-0.2, -0.15) is 0 Å². The van der Waals surface area contributed by atoms with Crippen molar-refractivity contribution < 1.29 is 29.7 Å². The van der Waals surface area contributed by atoms with Gasteiger partial charge in [0.1, 0.15) is 0 Å². The lowest BCUT2D eigenvalue weighted by Crippen LogP contribution is -2.21. The van der Waals surface area contributed by atoms with Gasteiger partial charge in [0.15, 0.2) is 0 Å². The van der Waals surface area contributed by atoms with Crippen LogP contribution in [0.2, 0.25) is 0 Å². The Balaban J connectivity index is 2.08. The van der Waals surface area contributed by atoms with Gasteiger partial charge in [0.25, 0.3) is 0 Å². The average molecular weight is 394 g/mol. The molecule has 0 aliphatic rings. The minimum Gasteiger partial charge on any atom is -0.478 e. The van der Waals surface area contributed by atoms with Crippen LogP contribution in [0.25, 0.3) is 0 Å². The van der Waals surface area contributed by atoms with E-state index in [0.717, 1.165) is 15.9 Å². The smallest absolute Gasteiger partial charge is 0.335 e. The Hall–Kier alpha value is -3.50. The fourth-order valence-corrected chi connectivity index (χ4v) is 4.94. The number of rotatable bonds is 6. The second-order valence-electron chi connectivity index (χ2n) is 5.89. The van der Waals surface area contributed by atoms with Crippen LogP contribution in [-0.2, 0) is 0 Å². The van der Waals surface area contributed by atoms with Gasteiger partial charge in [-0.25, -0.2) is 14.4 Å². The number of benzene rings is 3. The van der Waals surface area contributed by atoms with Gasteiger partial charge in [0.05, 0.1) is 16.7 Å². The van der Waals surface area contributed by atoms with E-state index in [1.54, 1.807) is 36.4 Å². The Labute approximate surface area is 161 Å². The van der Waals surface area contributed by atoms with Crippen molar-refractivity contribution in [3.05, 3.63) is 89.5 Å². The van der Waals surface area contributed by atoms with Crippen molar-refractivity contribution in [2.75, 3.05) is 0 Å². The summed E-state index contributed by atoms with van der Waals surface area (Å²) in [6.07, 6.45) is 0. The highest BCUT2D eigenvalue weighted by Crippen LogP contribution is 2.33. The second-order valence-corrected chi connectivity index (χ2v) is 8.11. The molecule has 6 nitrogen and oxygen atoms in total. The molecule has 3 N–H and O–H groups in total. The van der Waals surface area contributed by atoms with E-state index in [9.17, 15) is 14.4 Å². The molecule has 0 saturated carbocycles. The normalized spacial score (nSPS) is 10.6.